The smallest absolute Gasteiger partial charge is 0.348 e. The van der Waals surface area contributed by atoms with Crippen LogP contribution in [0.25, 0.3) is 6.08 Å². The normalized spacial score (nSPS) is 14.3. The Morgan fingerprint density at radius 2 is 2.15 bits per heavy atom. The monoisotopic (exact) mass is 271 g/mol. The molecule has 0 radical (unpaired) electrons. The number of rotatable bonds is 4. The van der Waals surface area contributed by atoms with Gasteiger partial charge in [-0.05, 0) is 36.6 Å². The van der Waals surface area contributed by atoms with Gasteiger partial charge in [-0.2, -0.15) is 5.26 Å². The Balaban J connectivity index is 2.16. The third-order valence-electron chi connectivity index (χ3n) is 2.82. The number of hydrogen-bond donors (Lipinski definition) is 0. The summed E-state index contributed by atoms with van der Waals surface area (Å²) in [7, 11) is 1.21. The molecule has 0 bridgehead atoms. The molecule has 0 spiro atoms. The molecular weight excluding hydrogens is 258 g/mol. The van der Waals surface area contributed by atoms with Gasteiger partial charge in [-0.25, -0.2) is 4.79 Å². The van der Waals surface area contributed by atoms with Gasteiger partial charge < -0.3 is 9.47 Å². The zero-order chi connectivity index (χ0) is 14.5. The third kappa shape index (κ3) is 3.45. The van der Waals surface area contributed by atoms with Crippen LogP contribution >= 0.6 is 0 Å². The third-order valence-corrected chi connectivity index (χ3v) is 2.82. The standard InChI is InChI=1S/C15H13NO4/c1-19-14(17)12(9-16)7-10-3-2-4-13(8-10)20-15(18)11-5-6-11/h2-4,7-8,11H,5-6H2,1H3/b12-7+. The molecule has 20 heavy (non-hydrogen) atoms. The number of methoxy groups -OCH3 is 1. The molecule has 0 saturated heterocycles. The highest BCUT2D eigenvalue weighted by Crippen LogP contribution is 2.31. The van der Waals surface area contributed by atoms with Gasteiger partial charge in [0, 0.05) is 0 Å². The predicted octanol–water partition coefficient (Wildman–Crippen LogP) is 2.08. The van der Waals surface area contributed by atoms with Gasteiger partial charge in [0.2, 0.25) is 0 Å². The van der Waals surface area contributed by atoms with Crippen molar-refractivity contribution in [2.45, 2.75) is 12.8 Å². The van der Waals surface area contributed by atoms with E-state index in [2.05, 4.69) is 4.74 Å². The molecule has 102 valence electrons. The Hall–Kier alpha value is -2.61. The van der Waals surface area contributed by atoms with E-state index in [0.29, 0.717) is 11.3 Å². The number of nitriles is 1. The molecule has 1 aromatic rings. The Bertz CT molecular complexity index is 609. The molecule has 0 aliphatic heterocycles. The molecule has 0 N–H and O–H groups in total. The molecular formula is C15H13NO4. The number of carbonyl (C=O) groups excluding carboxylic acids is 2. The van der Waals surface area contributed by atoms with E-state index in [1.54, 1.807) is 30.3 Å². The Morgan fingerprint density at radius 1 is 1.40 bits per heavy atom. The van der Waals surface area contributed by atoms with Gasteiger partial charge in [-0.3, -0.25) is 4.79 Å². The van der Waals surface area contributed by atoms with E-state index in [4.69, 9.17) is 10.00 Å². The summed E-state index contributed by atoms with van der Waals surface area (Å²) in [5.41, 5.74) is 0.478. The average molecular weight is 271 g/mol. The second-order valence-corrected chi connectivity index (χ2v) is 4.43. The minimum atomic E-state index is -0.701. The van der Waals surface area contributed by atoms with Gasteiger partial charge in [-0.1, -0.05) is 12.1 Å². The van der Waals surface area contributed by atoms with Crippen LogP contribution in [0.2, 0.25) is 0 Å². The van der Waals surface area contributed by atoms with Crippen LogP contribution in [0, 0.1) is 17.2 Å². The fraction of sp³-hybridized carbons (Fsp3) is 0.267. The first-order valence-corrected chi connectivity index (χ1v) is 6.16. The fourth-order valence-electron chi connectivity index (χ4n) is 1.60. The summed E-state index contributed by atoms with van der Waals surface area (Å²) in [5, 5.41) is 8.88. The summed E-state index contributed by atoms with van der Waals surface area (Å²) in [4.78, 5) is 22.9. The van der Waals surface area contributed by atoms with Crippen LogP contribution in [0.5, 0.6) is 5.75 Å². The van der Waals surface area contributed by atoms with Crippen molar-refractivity contribution in [3.63, 3.8) is 0 Å². The molecule has 1 aliphatic rings. The van der Waals surface area contributed by atoms with Crippen LogP contribution < -0.4 is 4.74 Å². The maximum absolute atomic E-state index is 11.6. The molecule has 1 aromatic carbocycles. The Kier molecular flexibility index (Phi) is 4.16. The van der Waals surface area contributed by atoms with E-state index >= 15 is 0 Å². The maximum atomic E-state index is 11.6. The second kappa shape index (κ2) is 6.02. The van der Waals surface area contributed by atoms with Gasteiger partial charge in [0.25, 0.3) is 0 Å². The molecule has 0 unspecified atom stereocenters. The largest absolute Gasteiger partial charge is 0.465 e. The van der Waals surface area contributed by atoms with Gasteiger partial charge in [0.05, 0.1) is 13.0 Å². The van der Waals surface area contributed by atoms with Crippen molar-refractivity contribution < 1.29 is 19.1 Å². The number of carbonyl (C=O) groups is 2. The maximum Gasteiger partial charge on any atom is 0.348 e. The molecule has 1 saturated carbocycles. The van der Waals surface area contributed by atoms with E-state index in [1.165, 1.54) is 13.2 Å². The number of esters is 2. The molecule has 5 heteroatoms. The first-order chi connectivity index (χ1) is 9.63. The van der Waals surface area contributed by atoms with Gasteiger partial charge in [-0.15, -0.1) is 0 Å². The Morgan fingerprint density at radius 3 is 2.75 bits per heavy atom. The van der Waals surface area contributed by atoms with Crippen LogP contribution in [0.15, 0.2) is 29.8 Å². The first kappa shape index (κ1) is 13.8. The lowest BCUT2D eigenvalue weighted by Gasteiger charge is -2.04. The van der Waals surface area contributed by atoms with Crippen molar-refractivity contribution in [1.82, 2.24) is 0 Å². The lowest BCUT2D eigenvalue weighted by molar-refractivity contribution is -0.136. The number of benzene rings is 1. The van der Waals surface area contributed by atoms with Gasteiger partial charge >= 0.3 is 11.9 Å². The molecule has 5 nitrogen and oxygen atoms in total. The van der Waals surface area contributed by atoms with E-state index in [-0.39, 0.29) is 17.5 Å². The van der Waals surface area contributed by atoms with Crippen molar-refractivity contribution in [2.24, 2.45) is 5.92 Å². The summed E-state index contributed by atoms with van der Waals surface area (Å²) < 4.78 is 9.71. The predicted molar refractivity (Wildman–Crippen MR) is 70.4 cm³/mol. The van der Waals surface area contributed by atoms with Gasteiger partial charge in [0.1, 0.15) is 17.4 Å². The number of ether oxygens (including phenoxy) is 2. The lowest BCUT2D eigenvalue weighted by Crippen LogP contribution is -2.09. The molecule has 0 heterocycles. The summed E-state index contributed by atoms with van der Waals surface area (Å²) in [6, 6.07) is 8.41. The van der Waals surface area contributed by atoms with Crippen LogP contribution in [0.1, 0.15) is 18.4 Å². The highest BCUT2D eigenvalue weighted by atomic mass is 16.5. The summed E-state index contributed by atoms with van der Waals surface area (Å²) in [6.07, 6.45) is 3.14. The van der Waals surface area contributed by atoms with Crippen molar-refractivity contribution in [3.8, 4) is 11.8 Å². The van der Waals surface area contributed by atoms with Crippen LogP contribution in [0.4, 0.5) is 0 Å². The number of hydrogen-bond acceptors (Lipinski definition) is 5. The molecule has 0 aromatic heterocycles. The van der Waals surface area contributed by atoms with Crippen LogP contribution in [-0.2, 0) is 14.3 Å². The SMILES string of the molecule is COC(=O)/C(C#N)=C/c1cccc(OC(=O)C2CC2)c1. The van der Waals surface area contributed by atoms with Crippen molar-refractivity contribution in [1.29, 1.82) is 5.26 Å². The highest BCUT2D eigenvalue weighted by Gasteiger charge is 2.31. The summed E-state index contributed by atoms with van der Waals surface area (Å²) in [6.45, 7) is 0. The van der Waals surface area contributed by atoms with Crippen LogP contribution in [-0.4, -0.2) is 19.0 Å². The topological polar surface area (TPSA) is 76.4 Å². The van der Waals surface area contributed by atoms with E-state index in [0.717, 1.165) is 12.8 Å². The average Bonchev–Trinajstić information content (AvgIpc) is 3.29. The summed E-state index contributed by atoms with van der Waals surface area (Å²) in [5.74, 6) is -0.524. The van der Waals surface area contributed by atoms with E-state index in [1.807, 2.05) is 0 Å². The molecule has 1 fully saturated rings. The Labute approximate surface area is 116 Å². The first-order valence-electron chi connectivity index (χ1n) is 6.16. The highest BCUT2D eigenvalue weighted by molar-refractivity contribution is 5.97. The minimum Gasteiger partial charge on any atom is -0.465 e. The second-order valence-electron chi connectivity index (χ2n) is 4.43. The zero-order valence-electron chi connectivity index (χ0n) is 11.0. The minimum absolute atomic E-state index is 0.0129. The quantitative estimate of drug-likeness (QED) is 0.362. The van der Waals surface area contributed by atoms with E-state index in [9.17, 15) is 9.59 Å². The molecule has 2 rings (SSSR count). The molecule has 0 atom stereocenters. The lowest BCUT2D eigenvalue weighted by atomic mass is 10.1. The van der Waals surface area contributed by atoms with Crippen molar-refractivity contribution in [2.75, 3.05) is 7.11 Å². The van der Waals surface area contributed by atoms with Gasteiger partial charge in [0.15, 0.2) is 0 Å². The summed E-state index contributed by atoms with van der Waals surface area (Å²) >= 11 is 0. The molecule has 1 aliphatic carbocycles. The van der Waals surface area contributed by atoms with Crippen molar-refractivity contribution >= 4 is 18.0 Å². The number of nitrogens with zero attached hydrogens (tertiary/aromatic N) is 1. The zero-order valence-corrected chi connectivity index (χ0v) is 11.0. The molecule has 0 amide bonds. The van der Waals surface area contributed by atoms with Crippen molar-refractivity contribution in [3.05, 3.63) is 35.4 Å². The van der Waals surface area contributed by atoms with E-state index < -0.39 is 5.97 Å². The van der Waals surface area contributed by atoms with Crippen LogP contribution in [0.3, 0.4) is 0 Å². The fourth-order valence-corrected chi connectivity index (χ4v) is 1.60.